The third-order valence-corrected chi connectivity index (χ3v) is 6.25. The highest BCUT2D eigenvalue weighted by Gasteiger charge is 2.30. The number of aromatic amines is 1. The minimum atomic E-state index is -0.397. The Labute approximate surface area is 215 Å². The number of fused-ring (bicyclic) bond motifs is 1. The van der Waals surface area contributed by atoms with Gasteiger partial charge in [0.05, 0.1) is 18.8 Å². The van der Waals surface area contributed by atoms with Crippen LogP contribution in [-0.2, 0) is 29.2 Å². The Hall–Kier alpha value is -4.05. The first-order chi connectivity index (χ1) is 18.0. The molecule has 0 aliphatic carbocycles. The number of hydrogen-bond acceptors (Lipinski definition) is 7. The largest absolute Gasteiger partial charge is 0.494 e. The van der Waals surface area contributed by atoms with Crippen LogP contribution in [0.3, 0.4) is 0 Å². The van der Waals surface area contributed by atoms with E-state index in [2.05, 4.69) is 39.6 Å². The average Bonchev–Trinajstić information content (AvgIpc) is 3.33. The van der Waals surface area contributed by atoms with E-state index in [0.717, 1.165) is 27.1 Å². The molecular weight excluding hydrogens is 472 g/mol. The first kappa shape index (κ1) is 26.0. The van der Waals surface area contributed by atoms with E-state index in [-0.39, 0.29) is 24.8 Å². The molecule has 0 saturated heterocycles. The number of ether oxygens (including phenoxy) is 2. The third kappa shape index (κ3) is 6.39. The molecule has 4 rings (SSSR count). The van der Waals surface area contributed by atoms with Crippen LogP contribution in [0, 0.1) is 0 Å². The van der Waals surface area contributed by atoms with Crippen LogP contribution in [0.25, 0.3) is 10.9 Å². The number of aromatic nitrogens is 5. The van der Waals surface area contributed by atoms with Gasteiger partial charge in [0.25, 0.3) is 5.56 Å². The maximum Gasteiger partial charge on any atom is 0.327 e. The van der Waals surface area contributed by atoms with E-state index in [9.17, 15) is 9.59 Å². The first-order valence-corrected chi connectivity index (χ1v) is 12.6. The summed E-state index contributed by atoms with van der Waals surface area (Å²) < 4.78 is 12.2. The van der Waals surface area contributed by atoms with Crippen molar-refractivity contribution in [3.63, 3.8) is 0 Å². The molecule has 2 aromatic heterocycles. The predicted molar refractivity (Wildman–Crippen MR) is 138 cm³/mol. The summed E-state index contributed by atoms with van der Waals surface area (Å²) in [6, 6.07) is 17.5. The van der Waals surface area contributed by atoms with Gasteiger partial charge >= 0.3 is 5.97 Å². The third-order valence-electron chi connectivity index (χ3n) is 6.25. The molecular formula is C27H33N6O4+. The number of tetrazole rings is 1. The molecule has 2 unspecified atom stereocenters. The average molecular weight is 506 g/mol. The molecule has 37 heavy (non-hydrogen) atoms. The van der Waals surface area contributed by atoms with Gasteiger partial charge in [-0.25, -0.2) is 4.68 Å². The predicted octanol–water partition coefficient (Wildman–Crippen LogP) is 2.21. The van der Waals surface area contributed by atoms with E-state index < -0.39 is 5.97 Å². The van der Waals surface area contributed by atoms with Gasteiger partial charge in [-0.3, -0.25) is 9.59 Å². The van der Waals surface area contributed by atoms with Gasteiger partial charge in [-0.1, -0.05) is 37.3 Å². The molecule has 0 radical (unpaired) electrons. The molecule has 0 saturated carbocycles. The second-order valence-electron chi connectivity index (χ2n) is 8.76. The Morgan fingerprint density at radius 3 is 2.59 bits per heavy atom. The zero-order valence-electron chi connectivity index (χ0n) is 21.4. The van der Waals surface area contributed by atoms with Gasteiger partial charge in [0, 0.05) is 22.9 Å². The van der Waals surface area contributed by atoms with Gasteiger partial charge in [0.15, 0.2) is 0 Å². The molecule has 2 heterocycles. The summed E-state index contributed by atoms with van der Waals surface area (Å²) in [4.78, 5) is 29.4. The molecule has 0 aliphatic rings. The van der Waals surface area contributed by atoms with Crippen LogP contribution in [0.15, 0.2) is 59.4 Å². The van der Waals surface area contributed by atoms with Crippen molar-refractivity contribution in [3.8, 4) is 5.75 Å². The number of nitrogens with one attached hydrogen (secondary N) is 2. The fraction of sp³-hybridized carbons (Fsp3) is 0.370. The summed E-state index contributed by atoms with van der Waals surface area (Å²) >= 11 is 0. The number of rotatable bonds is 12. The van der Waals surface area contributed by atoms with Crippen LogP contribution in [0.5, 0.6) is 5.75 Å². The van der Waals surface area contributed by atoms with E-state index in [0.29, 0.717) is 37.5 Å². The smallest absolute Gasteiger partial charge is 0.327 e. The van der Waals surface area contributed by atoms with E-state index in [4.69, 9.17) is 9.47 Å². The minimum Gasteiger partial charge on any atom is -0.494 e. The molecule has 10 heteroatoms. The van der Waals surface area contributed by atoms with Crippen molar-refractivity contribution < 1.29 is 19.2 Å². The molecule has 0 fully saturated rings. The van der Waals surface area contributed by atoms with E-state index in [1.54, 1.807) is 6.92 Å². The van der Waals surface area contributed by atoms with Crippen LogP contribution < -0.4 is 15.2 Å². The lowest BCUT2D eigenvalue weighted by molar-refractivity contribution is -0.959. The number of carbonyl (C=O) groups is 1. The number of nitrogens with zero attached hydrogens (tertiary/aromatic N) is 4. The maximum absolute atomic E-state index is 13.1. The summed E-state index contributed by atoms with van der Waals surface area (Å²) in [7, 11) is 0. The minimum absolute atomic E-state index is 0.0674. The van der Waals surface area contributed by atoms with Crippen molar-refractivity contribution in [2.75, 3.05) is 13.2 Å². The molecule has 10 nitrogen and oxygen atoms in total. The van der Waals surface area contributed by atoms with Crippen LogP contribution in [0.1, 0.15) is 50.2 Å². The Morgan fingerprint density at radius 1 is 1.05 bits per heavy atom. The van der Waals surface area contributed by atoms with E-state index in [1.807, 2.05) is 49.4 Å². The monoisotopic (exact) mass is 505 g/mol. The summed E-state index contributed by atoms with van der Waals surface area (Å²) in [5.74, 6) is 0.940. The number of pyridine rings is 1. The standard InChI is InChI=1S/C27H32N6O4/c1-4-24(26-29-30-31-33(26)18-25(34)37-6-3)32(16-19-10-8-7-9-11-19)17-21-14-20-15-22(36-5-2)12-13-23(20)28-27(21)35/h7-15,24H,4-6,16-18H2,1-3H3,(H,28,35)/p+1. The van der Waals surface area contributed by atoms with Crippen molar-refractivity contribution in [3.05, 3.63) is 81.9 Å². The van der Waals surface area contributed by atoms with Crippen LogP contribution in [-0.4, -0.2) is 44.4 Å². The number of carbonyl (C=O) groups excluding carboxylic acids is 1. The topological polar surface area (TPSA) is 116 Å². The highest BCUT2D eigenvalue weighted by atomic mass is 16.5. The van der Waals surface area contributed by atoms with Crippen molar-refractivity contribution in [2.24, 2.45) is 0 Å². The molecule has 0 spiro atoms. The fourth-order valence-electron chi connectivity index (χ4n) is 4.59. The highest BCUT2D eigenvalue weighted by molar-refractivity contribution is 5.80. The quantitative estimate of drug-likeness (QED) is 0.284. The van der Waals surface area contributed by atoms with Crippen molar-refractivity contribution in [1.82, 2.24) is 25.2 Å². The van der Waals surface area contributed by atoms with Crippen LogP contribution in [0.2, 0.25) is 0 Å². The van der Waals surface area contributed by atoms with Crippen molar-refractivity contribution in [1.29, 1.82) is 0 Å². The summed E-state index contributed by atoms with van der Waals surface area (Å²) in [5, 5.41) is 13.1. The van der Waals surface area contributed by atoms with Gasteiger partial charge in [-0.15, -0.1) is 5.10 Å². The zero-order valence-corrected chi connectivity index (χ0v) is 21.4. The zero-order chi connectivity index (χ0) is 26.2. The Bertz CT molecular complexity index is 1380. The van der Waals surface area contributed by atoms with Crippen molar-refractivity contribution >= 4 is 16.9 Å². The normalized spacial score (nSPS) is 12.8. The maximum atomic E-state index is 13.1. The second-order valence-corrected chi connectivity index (χ2v) is 8.76. The van der Waals surface area contributed by atoms with Crippen LogP contribution in [0.4, 0.5) is 0 Å². The van der Waals surface area contributed by atoms with Crippen LogP contribution >= 0.6 is 0 Å². The van der Waals surface area contributed by atoms with E-state index in [1.165, 1.54) is 4.68 Å². The summed E-state index contributed by atoms with van der Waals surface area (Å²) in [5.41, 5.74) is 2.39. The lowest BCUT2D eigenvalue weighted by Gasteiger charge is -2.27. The lowest BCUT2D eigenvalue weighted by Crippen LogP contribution is -3.10. The Kier molecular flexibility index (Phi) is 8.63. The highest BCUT2D eigenvalue weighted by Crippen LogP contribution is 2.19. The number of hydrogen-bond donors (Lipinski definition) is 2. The van der Waals surface area contributed by atoms with Gasteiger partial charge in [-0.05, 0) is 48.5 Å². The Balaban J connectivity index is 1.71. The number of quaternary nitrogens is 1. The molecule has 194 valence electrons. The van der Waals surface area contributed by atoms with E-state index >= 15 is 0 Å². The lowest BCUT2D eigenvalue weighted by atomic mass is 10.1. The van der Waals surface area contributed by atoms with Gasteiger partial charge in [0.2, 0.25) is 5.82 Å². The molecule has 0 aliphatic heterocycles. The SMILES string of the molecule is CCOC(=O)Cn1nnnc1C(CC)[NH+](Cc1ccccc1)Cc1cc2cc(OCC)ccc2[nH]c1=O. The number of H-pyrrole nitrogens is 1. The molecule has 2 atom stereocenters. The molecule has 0 amide bonds. The molecule has 0 bridgehead atoms. The Morgan fingerprint density at radius 2 is 1.86 bits per heavy atom. The van der Waals surface area contributed by atoms with Gasteiger partial charge < -0.3 is 19.4 Å². The van der Waals surface area contributed by atoms with Gasteiger partial charge in [-0.2, -0.15) is 0 Å². The fourth-order valence-corrected chi connectivity index (χ4v) is 4.59. The number of esters is 1. The number of benzene rings is 2. The van der Waals surface area contributed by atoms with Crippen molar-refractivity contribution in [2.45, 2.75) is 52.9 Å². The summed E-state index contributed by atoms with van der Waals surface area (Å²) in [6.07, 6.45) is 0.700. The van der Waals surface area contributed by atoms with Gasteiger partial charge in [0.1, 0.15) is 31.4 Å². The second kappa shape index (κ2) is 12.3. The summed E-state index contributed by atoms with van der Waals surface area (Å²) in [6.45, 7) is 7.61. The molecule has 4 aromatic rings. The first-order valence-electron chi connectivity index (χ1n) is 12.6. The molecule has 2 N–H and O–H groups in total. The molecule has 2 aromatic carbocycles.